The number of carbonyl (C=O) groups is 1. The Morgan fingerprint density at radius 3 is 2.67 bits per heavy atom. The van der Waals surface area contributed by atoms with Crippen LogP contribution < -0.4 is 21.5 Å². The number of nitrogens with zero attached hydrogens (tertiary/aromatic N) is 1. The Morgan fingerprint density at radius 1 is 1.07 bits per heavy atom. The predicted octanol–water partition coefficient (Wildman–Crippen LogP) is 2.13. The first kappa shape index (κ1) is 18.8. The van der Waals surface area contributed by atoms with Gasteiger partial charge in [0.25, 0.3) is 5.91 Å². The van der Waals surface area contributed by atoms with Crippen molar-refractivity contribution in [2.75, 3.05) is 7.05 Å². The van der Waals surface area contributed by atoms with E-state index in [4.69, 9.17) is 12.2 Å². The largest absolute Gasteiger partial charge is 0.346 e. The van der Waals surface area contributed by atoms with Crippen LogP contribution in [0.3, 0.4) is 0 Å². The van der Waals surface area contributed by atoms with Gasteiger partial charge in [0.1, 0.15) is 0 Å². The van der Waals surface area contributed by atoms with Crippen molar-refractivity contribution < 1.29 is 4.79 Å². The van der Waals surface area contributed by atoms with Gasteiger partial charge in [0, 0.05) is 29.8 Å². The molecule has 1 unspecified atom stereocenters. The Labute approximate surface area is 163 Å². The monoisotopic (exact) mass is 379 g/mol. The summed E-state index contributed by atoms with van der Waals surface area (Å²) in [6.45, 7) is 0. The molecule has 0 radical (unpaired) electrons. The van der Waals surface area contributed by atoms with Crippen LogP contribution in [-0.2, 0) is 6.42 Å². The molecule has 2 aromatic carbocycles. The maximum Gasteiger partial charge on any atom is 0.269 e. The van der Waals surface area contributed by atoms with Crippen LogP contribution in [0, 0.1) is 0 Å². The van der Waals surface area contributed by atoms with E-state index in [0.717, 1.165) is 17.2 Å². The van der Waals surface area contributed by atoms with E-state index in [1.807, 2.05) is 43.4 Å². The molecule has 27 heavy (non-hydrogen) atoms. The summed E-state index contributed by atoms with van der Waals surface area (Å²) in [5.41, 5.74) is 7.09. The lowest BCUT2D eigenvalue weighted by molar-refractivity contribution is 0.0943. The Morgan fingerprint density at radius 2 is 1.89 bits per heavy atom. The molecule has 6 nitrogen and oxygen atoms in total. The van der Waals surface area contributed by atoms with Crippen LogP contribution in [0.4, 0.5) is 0 Å². The second kappa shape index (κ2) is 9.07. The number of pyridine rings is 1. The number of likely N-dealkylation sites (N-methyl/N-ethyl adjacent to an activating group) is 1. The minimum Gasteiger partial charge on any atom is -0.346 e. The molecule has 0 aliphatic carbocycles. The zero-order chi connectivity index (χ0) is 19.1. The van der Waals surface area contributed by atoms with Gasteiger partial charge in [0.15, 0.2) is 5.11 Å². The molecule has 3 aromatic rings. The molecule has 3 rings (SSSR count). The number of amides is 1. The van der Waals surface area contributed by atoms with Crippen molar-refractivity contribution >= 4 is 34.0 Å². The Bertz CT molecular complexity index is 932. The van der Waals surface area contributed by atoms with Crippen LogP contribution in [0.2, 0.25) is 0 Å². The first-order valence-corrected chi connectivity index (χ1v) is 8.98. The lowest BCUT2D eigenvalue weighted by atomic mass is 10.1. The van der Waals surface area contributed by atoms with Gasteiger partial charge in [-0.3, -0.25) is 20.6 Å². The highest BCUT2D eigenvalue weighted by Gasteiger charge is 2.10. The lowest BCUT2D eigenvalue weighted by Crippen LogP contribution is -2.53. The number of hydrogen-bond donors (Lipinski definition) is 4. The van der Waals surface area contributed by atoms with Crippen molar-refractivity contribution in [2.24, 2.45) is 0 Å². The summed E-state index contributed by atoms with van der Waals surface area (Å²) in [5.74, 6) is -0.262. The van der Waals surface area contributed by atoms with Crippen molar-refractivity contribution in [1.29, 1.82) is 0 Å². The first-order valence-electron chi connectivity index (χ1n) is 8.57. The van der Waals surface area contributed by atoms with Crippen LogP contribution in [0.5, 0.6) is 0 Å². The third kappa shape index (κ3) is 5.22. The van der Waals surface area contributed by atoms with Crippen molar-refractivity contribution in [1.82, 2.24) is 26.5 Å². The average molecular weight is 379 g/mol. The molecule has 0 bridgehead atoms. The minimum atomic E-state index is -0.262. The highest BCUT2D eigenvalue weighted by Crippen LogP contribution is 2.14. The fraction of sp³-hybridized carbons (Fsp3) is 0.150. The average Bonchev–Trinajstić information content (AvgIpc) is 2.72. The van der Waals surface area contributed by atoms with Crippen molar-refractivity contribution in [3.63, 3.8) is 0 Å². The number of aromatic nitrogens is 1. The molecule has 1 amide bonds. The molecule has 0 saturated heterocycles. The number of rotatable bonds is 5. The first-order chi connectivity index (χ1) is 13.2. The summed E-state index contributed by atoms with van der Waals surface area (Å²) in [5, 5.41) is 8.58. The van der Waals surface area contributed by atoms with Crippen LogP contribution >= 0.6 is 12.2 Å². The second-order valence-corrected chi connectivity index (χ2v) is 6.43. The van der Waals surface area contributed by atoms with Crippen molar-refractivity contribution in [2.45, 2.75) is 12.6 Å². The van der Waals surface area contributed by atoms with E-state index in [9.17, 15) is 4.79 Å². The number of nitrogens with one attached hydrogen (secondary N) is 4. The molecule has 0 fully saturated rings. The molecule has 1 heterocycles. The topological polar surface area (TPSA) is 78.1 Å². The molecule has 0 aliphatic rings. The van der Waals surface area contributed by atoms with E-state index in [1.54, 1.807) is 18.5 Å². The van der Waals surface area contributed by atoms with Crippen LogP contribution in [0.15, 0.2) is 67.0 Å². The number of thiocarbonyl (C=S) groups is 1. The molecule has 4 N–H and O–H groups in total. The van der Waals surface area contributed by atoms with E-state index in [1.165, 1.54) is 5.56 Å². The highest BCUT2D eigenvalue weighted by atomic mass is 32.1. The standard InChI is InChI=1S/C20H21N5OS/c1-21-18(11-14-5-3-2-4-6-14)23-20(27)25-24-19(26)16-7-8-17-13-22-10-9-15(17)12-16/h2-10,12-13,18,21H,11H2,1H3,(H,24,26)(H2,23,25,27). The van der Waals surface area contributed by atoms with Crippen LogP contribution in [0.25, 0.3) is 10.8 Å². The maximum absolute atomic E-state index is 12.3. The van der Waals surface area contributed by atoms with Gasteiger partial charge in [-0.25, -0.2) is 0 Å². The SMILES string of the molecule is CNC(Cc1ccccc1)NC(=S)NNC(=O)c1ccc2cnccc2c1. The molecule has 7 heteroatoms. The van der Waals surface area contributed by atoms with Gasteiger partial charge in [-0.15, -0.1) is 0 Å². The van der Waals surface area contributed by atoms with E-state index in [-0.39, 0.29) is 12.1 Å². The normalized spacial score (nSPS) is 11.6. The molecule has 0 aliphatic heterocycles. The van der Waals surface area contributed by atoms with E-state index >= 15 is 0 Å². The lowest BCUT2D eigenvalue weighted by Gasteiger charge is -2.20. The Balaban J connectivity index is 1.53. The molecule has 1 aromatic heterocycles. The van der Waals surface area contributed by atoms with Gasteiger partial charge in [-0.05, 0) is 48.4 Å². The molecular formula is C20H21N5OS. The third-order valence-electron chi connectivity index (χ3n) is 4.13. The fourth-order valence-electron chi connectivity index (χ4n) is 2.68. The predicted molar refractivity (Wildman–Crippen MR) is 111 cm³/mol. The summed E-state index contributed by atoms with van der Waals surface area (Å²) in [4.78, 5) is 16.4. The maximum atomic E-state index is 12.3. The van der Waals surface area contributed by atoms with Gasteiger partial charge < -0.3 is 10.6 Å². The summed E-state index contributed by atoms with van der Waals surface area (Å²) >= 11 is 5.27. The number of hydrogen-bond acceptors (Lipinski definition) is 4. The van der Waals surface area contributed by atoms with Gasteiger partial charge in [-0.2, -0.15) is 0 Å². The van der Waals surface area contributed by atoms with E-state index in [0.29, 0.717) is 10.7 Å². The van der Waals surface area contributed by atoms with Crippen molar-refractivity contribution in [3.05, 3.63) is 78.1 Å². The van der Waals surface area contributed by atoms with Gasteiger partial charge >= 0.3 is 0 Å². The zero-order valence-corrected chi connectivity index (χ0v) is 15.7. The summed E-state index contributed by atoms with van der Waals surface area (Å²) in [6.07, 6.45) is 4.16. The molecule has 0 saturated carbocycles. The molecule has 1 atom stereocenters. The van der Waals surface area contributed by atoms with Crippen LogP contribution in [0.1, 0.15) is 15.9 Å². The Kier molecular flexibility index (Phi) is 6.30. The summed E-state index contributed by atoms with van der Waals surface area (Å²) in [7, 11) is 1.85. The van der Waals surface area contributed by atoms with Gasteiger partial charge in [0.2, 0.25) is 0 Å². The number of hydrazine groups is 1. The number of benzene rings is 2. The molecule has 138 valence electrons. The molecule has 0 spiro atoms. The second-order valence-electron chi connectivity index (χ2n) is 6.02. The fourth-order valence-corrected chi connectivity index (χ4v) is 2.87. The number of carbonyl (C=O) groups excluding carboxylic acids is 1. The van der Waals surface area contributed by atoms with Gasteiger partial charge in [-0.1, -0.05) is 36.4 Å². The number of fused-ring (bicyclic) bond motifs is 1. The minimum absolute atomic E-state index is 0.0579. The zero-order valence-electron chi connectivity index (χ0n) is 14.9. The summed E-state index contributed by atoms with van der Waals surface area (Å²) < 4.78 is 0. The van der Waals surface area contributed by atoms with Gasteiger partial charge in [0.05, 0.1) is 6.17 Å². The highest BCUT2D eigenvalue weighted by molar-refractivity contribution is 7.80. The quantitative estimate of drug-likeness (QED) is 0.309. The molecular weight excluding hydrogens is 358 g/mol. The third-order valence-corrected chi connectivity index (χ3v) is 4.35. The van der Waals surface area contributed by atoms with E-state index < -0.39 is 0 Å². The summed E-state index contributed by atoms with van der Waals surface area (Å²) in [6, 6.07) is 17.4. The van der Waals surface area contributed by atoms with Crippen molar-refractivity contribution in [3.8, 4) is 0 Å². The van der Waals surface area contributed by atoms with E-state index in [2.05, 4.69) is 38.6 Å². The Hall–Kier alpha value is -3.03. The van der Waals surface area contributed by atoms with Crippen LogP contribution in [-0.4, -0.2) is 29.2 Å². The smallest absolute Gasteiger partial charge is 0.269 e.